The molecule has 0 aliphatic carbocycles. The van der Waals surface area contributed by atoms with Crippen molar-refractivity contribution in [2.75, 3.05) is 6.54 Å². The average molecular weight is 308 g/mol. The third-order valence-electron chi connectivity index (χ3n) is 3.84. The highest BCUT2D eigenvalue weighted by molar-refractivity contribution is 5.98. The minimum absolute atomic E-state index is 0.0657. The molecule has 3 rings (SSSR count). The normalized spacial score (nSPS) is 10.9. The Morgan fingerprint density at radius 1 is 1.26 bits per heavy atom. The fraction of sp³-hybridized carbons (Fsp3) is 0.278. The van der Waals surface area contributed by atoms with E-state index in [9.17, 15) is 4.79 Å². The van der Waals surface area contributed by atoms with E-state index in [0.717, 1.165) is 35.1 Å². The number of amides is 1. The molecule has 5 heteroatoms. The monoisotopic (exact) mass is 308 g/mol. The smallest absolute Gasteiger partial charge is 0.253 e. The van der Waals surface area contributed by atoms with E-state index in [2.05, 4.69) is 21.4 Å². The van der Waals surface area contributed by atoms with E-state index < -0.39 is 0 Å². The summed E-state index contributed by atoms with van der Waals surface area (Å²) < 4.78 is 2.00. The lowest BCUT2D eigenvalue weighted by Crippen LogP contribution is -2.26. The molecule has 1 amide bonds. The summed E-state index contributed by atoms with van der Waals surface area (Å²) in [6, 6.07) is 8.00. The third-order valence-corrected chi connectivity index (χ3v) is 3.84. The lowest BCUT2D eigenvalue weighted by atomic mass is 10.1. The van der Waals surface area contributed by atoms with Gasteiger partial charge in [-0.1, -0.05) is 11.6 Å². The van der Waals surface area contributed by atoms with E-state index in [1.54, 1.807) is 12.5 Å². The second-order valence-electron chi connectivity index (χ2n) is 5.73. The molecule has 2 aromatic heterocycles. The van der Waals surface area contributed by atoms with Gasteiger partial charge in [-0.05, 0) is 38.5 Å². The Balaban J connectivity index is 1.66. The van der Waals surface area contributed by atoms with Crippen molar-refractivity contribution >= 4 is 16.8 Å². The van der Waals surface area contributed by atoms with Gasteiger partial charge in [0.2, 0.25) is 0 Å². The van der Waals surface area contributed by atoms with Gasteiger partial charge in [-0.3, -0.25) is 9.78 Å². The molecule has 2 heterocycles. The molecule has 1 aromatic carbocycles. The maximum Gasteiger partial charge on any atom is 0.253 e. The highest BCUT2D eigenvalue weighted by Gasteiger charge is 2.11. The Bertz CT molecular complexity index is 824. The van der Waals surface area contributed by atoms with Gasteiger partial charge in [-0.2, -0.15) is 0 Å². The van der Waals surface area contributed by atoms with Crippen LogP contribution in [-0.2, 0) is 6.54 Å². The summed E-state index contributed by atoms with van der Waals surface area (Å²) in [5.74, 6) is -0.0657. The average Bonchev–Trinajstić information content (AvgIpc) is 3.04. The van der Waals surface area contributed by atoms with Crippen LogP contribution in [0.3, 0.4) is 0 Å². The van der Waals surface area contributed by atoms with Crippen molar-refractivity contribution in [3.8, 4) is 0 Å². The standard InChI is InChI=1S/C18H20N4O/c1-13-4-5-17-15(10-13)11-16(14(2)21-17)18(23)20-6-3-8-22-9-7-19-12-22/h4-5,7,9-12H,3,6,8H2,1-2H3,(H,20,23). The van der Waals surface area contributed by atoms with Crippen LogP contribution in [-0.4, -0.2) is 27.0 Å². The Hall–Kier alpha value is -2.69. The number of rotatable bonds is 5. The van der Waals surface area contributed by atoms with Crippen molar-refractivity contribution < 1.29 is 4.79 Å². The number of aromatic nitrogens is 3. The summed E-state index contributed by atoms with van der Waals surface area (Å²) in [7, 11) is 0. The molecule has 118 valence electrons. The SMILES string of the molecule is Cc1ccc2nc(C)c(C(=O)NCCCn3ccnc3)cc2c1. The molecule has 1 N–H and O–H groups in total. The molecule has 0 saturated carbocycles. The van der Waals surface area contributed by atoms with Gasteiger partial charge in [0, 0.05) is 30.9 Å². The summed E-state index contributed by atoms with van der Waals surface area (Å²) in [6.07, 6.45) is 6.31. The minimum atomic E-state index is -0.0657. The van der Waals surface area contributed by atoms with Gasteiger partial charge in [0.15, 0.2) is 0 Å². The maximum absolute atomic E-state index is 12.4. The van der Waals surface area contributed by atoms with Crippen LogP contribution in [0, 0.1) is 13.8 Å². The number of imidazole rings is 1. The van der Waals surface area contributed by atoms with Crippen LogP contribution in [0.1, 0.15) is 28.0 Å². The largest absolute Gasteiger partial charge is 0.352 e. The Morgan fingerprint density at radius 3 is 2.91 bits per heavy atom. The van der Waals surface area contributed by atoms with Gasteiger partial charge < -0.3 is 9.88 Å². The van der Waals surface area contributed by atoms with Crippen LogP contribution in [0.25, 0.3) is 10.9 Å². The number of aryl methyl sites for hydroxylation is 3. The molecule has 0 spiro atoms. The second kappa shape index (κ2) is 6.60. The van der Waals surface area contributed by atoms with Crippen molar-refractivity contribution in [3.05, 3.63) is 59.8 Å². The van der Waals surface area contributed by atoms with Crippen molar-refractivity contribution in [1.82, 2.24) is 19.9 Å². The zero-order valence-corrected chi connectivity index (χ0v) is 13.4. The zero-order valence-electron chi connectivity index (χ0n) is 13.4. The van der Waals surface area contributed by atoms with Crippen molar-refractivity contribution in [1.29, 1.82) is 0 Å². The second-order valence-corrected chi connectivity index (χ2v) is 5.73. The first kappa shape index (κ1) is 15.2. The molecule has 0 aliphatic rings. The van der Waals surface area contributed by atoms with E-state index in [0.29, 0.717) is 12.1 Å². The fourth-order valence-electron chi connectivity index (χ4n) is 2.60. The van der Waals surface area contributed by atoms with Crippen LogP contribution in [0.15, 0.2) is 43.0 Å². The van der Waals surface area contributed by atoms with Gasteiger partial charge in [0.25, 0.3) is 5.91 Å². The fourth-order valence-corrected chi connectivity index (χ4v) is 2.60. The highest BCUT2D eigenvalue weighted by atomic mass is 16.1. The zero-order chi connectivity index (χ0) is 16.2. The van der Waals surface area contributed by atoms with E-state index in [-0.39, 0.29) is 5.91 Å². The number of nitrogens with one attached hydrogen (secondary N) is 1. The Kier molecular flexibility index (Phi) is 4.37. The summed E-state index contributed by atoms with van der Waals surface area (Å²) in [4.78, 5) is 20.9. The van der Waals surface area contributed by atoms with Gasteiger partial charge in [-0.25, -0.2) is 4.98 Å². The molecule has 5 nitrogen and oxygen atoms in total. The predicted octanol–water partition coefficient (Wildman–Crippen LogP) is 2.87. The summed E-state index contributed by atoms with van der Waals surface area (Å²) in [5, 5.41) is 3.97. The van der Waals surface area contributed by atoms with Crippen LogP contribution >= 0.6 is 0 Å². The molecule has 0 saturated heterocycles. The lowest BCUT2D eigenvalue weighted by molar-refractivity contribution is 0.0952. The van der Waals surface area contributed by atoms with E-state index in [1.165, 1.54) is 0 Å². The molecular weight excluding hydrogens is 288 g/mol. The molecule has 0 aliphatic heterocycles. The molecule has 0 bridgehead atoms. The summed E-state index contributed by atoms with van der Waals surface area (Å²) >= 11 is 0. The number of hydrogen-bond acceptors (Lipinski definition) is 3. The number of carbonyl (C=O) groups excluding carboxylic acids is 1. The first-order valence-corrected chi connectivity index (χ1v) is 7.75. The number of nitrogens with zero attached hydrogens (tertiary/aromatic N) is 3. The molecule has 0 fully saturated rings. The number of hydrogen-bond donors (Lipinski definition) is 1. The highest BCUT2D eigenvalue weighted by Crippen LogP contribution is 2.18. The molecule has 0 atom stereocenters. The van der Waals surface area contributed by atoms with Crippen LogP contribution in [0.2, 0.25) is 0 Å². The number of fused-ring (bicyclic) bond motifs is 1. The van der Waals surface area contributed by atoms with Crippen molar-refractivity contribution in [2.24, 2.45) is 0 Å². The number of pyridine rings is 1. The third kappa shape index (κ3) is 3.56. The lowest BCUT2D eigenvalue weighted by Gasteiger charge is -2.09. The molecular formula is C18H20N4O. The number of carbonyl (C=O) groups is 1. The van der Waals surface area contributed by atoms with Crippen LogP contribution in [0.5, 0.6) is 0 Å². The van der Waals surface area contributed by atoms with Crippen LogP contribution < -0.4 is 5.32 Å². The van der Waals surface area contributed by atoms with E-state index in [1.807, 2.05) is 42.8 Å². The molecule has 0 radical (unpaired) electrons. The molecule has 3 aromatic rings. The molecule has 0 unspecified atom stereocenters. The van der Waals surface area contributed by atoms with Gasteiger partial charge in [-0.15, -0.1) is 0 Å². The predicted molar refractivity (Wildman–Crippen MR) is 90.4 cm³/mol. The molecule has 23 heavy (non-hydrogen) atoms. The van der Waals surface area contributed by atoms with E-state index >= 15 is 0 Å². The summed E-state index contributed by atoms with van der Waals surface area (Å²) in [5.41, 5.74) is 3.48. The van der Waals surface area contributed by atoms with E-state index in [4.69, 9.17) is 0 Å². The van der Waals surface area contributed by atoms with Gasteiger partial charge in [0.05, 0.1) is 23.1 Å². The quantitative estimate of drug-likeness (QED) is 0.737. The van der Waals surface area contributed by atoms with Gasteiger partial charge >= 0.3 is 0 Å². The first-order valence-electron chi connectivity index (χ1n) is 7.75. The minimum Gasteiger partial charge on any atom is -0.352 e. The Morgan fingerprint density at radius 2 is 2.13 bits per heavy atom. The number of benzene rings is 1. The first-order chi connectivity index (χ1) is 11.1. The van der Waals surface area contributed by atoms with Crippen molar-refractivity contribution in [3.63, 3.8) is 0 Å². The topological polar surface area (TPSA) is 59.8 Å². The Labute approximate surface area is 135 Å². The van der Waals surface area contributed by atoms with Crippen molar-refractivity contribution in [2.45, 2.75) is 26.8 Å². The van der Waals surface area contributed by atoms with Crippen LogP contribution in [0.4, 0.5) is 0 Å². The maximum atomic E-state index is 12.4. The summed E-state index contributed by atoms with van der Waals surface area (Å²) in [6.45, 7) is 5.38. The van der Waals surface area contributed by atoms with Gasteiger partial charge in [0.1, 0.15) is 0 Å².